The van der Waals surface area contributed by atoms with Crippen LogP contribution in [-0.4, -0.2) is 22.8 Å². The maximum Gasteiger partial charge on any atom is 0.172 e. The molecule has 3 nitrogen and oxygen atoms in total. The average molecular weight is 479 g/mol. The monoisotopic (exact) mass is 478 g/mol. The second-order valence-corrected chi connectivity index (χ2v) is 12.9. The summed E-state index contributed by atoms with van der Waals surface area (Å²) in [6.45, 7) is 11.1. The first-order chi connectivity index (χ1) is 16.2. The molecule has 4 saturated heterocycles. The van der Waals surface area contributed by atoms with Crippen molar-refractivity contribution in [3.63, 3.8) is 0 Å². The van der Waals surface area contributed by atoms with Gasteiger partial charge in [0.25, 0.3) is 0 Å². The Morgan fingerprint density at radius 3 is 1.15 bits per heavy atom. The fraction of sp³-hybridized carbons (Fsp3) is 1.00. The van der Waals surface area contributed by atoms with Crippen molar-refractivity contribution in [2.75, 3.05) is 0 Å². The van der Waals surface area contributed by atoms with E-state index in [2.05, 4.69) is 34.6 Å². The van der Waals surface area contributed by atoms with Crippen molar-refractivity contribution in [3.05, 3.63) is 0 Å². The molecule has 4 unspecified atom stereocenters. The van der Waals surface area contributed by atoms with Crippen molar-refractivity contribution in [2.45, 2.75) is 192 Å². The van der Waals surface area contributed by atoms with Crippen molar-refractivity contribution in [2.24, 2.45) is 5.92 Å². The van der Waals surface area contributed by atoms with Crippen LogP contribution in [0.25, 0.3) is 0 Å². The van der Waals surface area contributed by atoms with Gasteiger partial charge in [0, 0.05) is 18.8 Å². The minimum atomic E-state index is -0.473. The molecule has 0 aromatic carbocycles. The van der Waals surface area contributed by atoms with E-state index in [0.717, 1.165) is 12.8 Å². The highest BCUT2D eigenvalue weighted by atomic mass is 16.8. The summed E-state index contributed by atoms with van der Waals surface area (Å²) in [5.41, 5.74) is -0.219. The maximum absolute atomic E-state index is 6.53. The minimum absolute atomic E-state index is 0.109. The molecule has 0 aromatic rings. The van der Waals surface area contributed by atoms with Gasteiger partial charge in [-0.05, 0) is 34.1 Å². The van der Waals surface area contributed by atoms with Crippen molar-refractivity contribution in [1.82, 2.24) is 0 Å². The lowest BCUT2D eigenvalue weighted by Gasteiger charge is -2.70. The first-order valence-electron chi connectivity index (χ1n) is 15.3. The van der Waals surface area contributed by atoms with Crippen LogP contribution in [0.4, 0.5) is 0 Å². The zero-order valence-corrected chi connectivity index (χ0v) is 23.7. The van der Waals surface area contributed by atoms with Crippen molar-refractivity contribution >= 4 is 0 Å². The highest BCUT2D eigenvalue weighted by molar-refractivity contribution is 5.12. The van der Waals surface area contributed by atoms with E-state index in [-0.39, 0.29) is 11.2 Å². The molecule has 0 aromatic heterocycles. The van der Waals surface area contributed by atoms with Crippen LogP contribution in [0, 0.1) is 5.92 Å². The zero-order valence-electron chi connectivity index (χ0n) is 23.7. The lowest BCUT2D eigenvalue weighted by atomic mass is 9.63. The predicted octanol–water partition coefficient (Wildman–Crippen LogP) is 9.85. The molecule has 4 aliphatic rings. The number of unbranched alkanes of at least 4 members (excludes halogenated alkanes) is 17. The Morgan fingerprint density at radius 1 is 0.471 bits per heavy atom. The van der Waals surface area contributed by atoms with Gasteiger partial charge in [-0.15, -0.1) is 0 Å². The normalized spacial score (nSPS) is 36.4. The van der Waals surface area contributed by atoms with Crippen LogP contribution in [0.5, 0.6) is 0 Å². The summed E-state index contributed by atoms with van der Waals surface area (Å²) in [7, 11) is 0. The summed E-state index contributed by atoms with van der Waals surface area (Å²) >= 11 is 0. The summed E-state index contributed by atoms with van der Waals surface area (Å²) in [6.07, 6.45) is 28.7. The SMILES string of the molecule is CCCCCCCCCCCCCCCCCCCCC1C2(C)CC3(C)OC(C)(CC1(C)O3)O2. The summed E-state index contributed by atoms with van der Waals surface area (Å²) in [5.74, 6) is -0.468. The Bertz CT molecular complexity index is 543. The summed E-state index contributed by atoms with van der Waals surface area (Å²) in [5, 5.41) is 0. The molecule has 4 heterocycles. The van der Waals surface area contributed by atoms with E-state index in [1.54, 1.807) is 0 Å². The second kappa shape index (κ2) is 12.9. The highest BCUT2D eigenvalue weighted by Crippen LogP contribution is 2.62. The molecule has 4 aliphatic heterocycles. The molecule has 0 radical (unpaired) electrons. The van der Waals surface area contributed by atoms with Gasteiger partial charge in [-0.25, -0.2) is 0 Å². The highest BCUT2D eigenvalue weighted by Gasteiger charge is 2.70. The van der Waals surface area contributed by atoms with Crippen LogP contribution in [0.2, 0.25) is 0 Å². The Hall–Kier alpha value is -0.120. The quantitative estimate of drug-likeness (QED) is 0.173. The van der Waals surface area contributed by atoms with Gasteiger partial charge in [0.05, 0.1) is 11.2 Å². The van der Waals surface area contributed by atoms with E-state index in [9.17, 15) is 0 Å². The molecular weight excluding hydrogens is 420 g/mol. The van der Waals surface area contributed by atoms with Crippen molar-refractivity contribution in [3.8, 4) is 0 Å². The van der Waals surface area contributed by atoms with E-state index < -0.39 is 11.6 Å². The number of hydrogen-bond donors (Lipinski definition) is 0. The van der Waals surface area contributed by atoms with Gasteiger partial charge >= 0.3 is 0 Å². The third kappa shape index (κ3) is 7.94. The minimum Gasteiger partial charge on any atom is -0.343 e. The molecule has 4 bridgehead atoms. The number of rotatable bonds is 19. The first-order valence-corrected chi connectivity index (χ1v) is 15.3. The van der Waals surface area contributed by atoms with Gasteiger partial charge in [-0.1, -0.05) is 122 Å². The standard InChI is InChI=1S/C31H58O3/c1-6-7-8-9-10-11-12-13-14-15-16-17-18-19-20-21-22-23-24-27-28(2)25-30(4)33-29(27,3)26-31(5,32-28)34-30/h27H,6-26H2,1-5H3. The van der Waals surface area contributed by atoms with Gasteiger partial charge in [0.2, 0.25) is 0 Å². The molecule has 3 heteroatoms. The van der Waals surface area contributed by atoms with Gasteiger partial charge in [0.1, 0.15) is 0 Å². The summed E-state index contributed by atoms with van der Waals surface area (Å²) < 4.78 is 19.2. The van der Waals surface area contributed by atoms with E-state index in [0.29, 0.717) is 5.92 Å². The van der Waals surface area contributed by atoms with Crippen LogP contribution < -0.4 is 0 Å². The predicted molar refractivity (Wildman–Crippen MR) is 143 cm³/mol. The first kappa shape index (κ1) is 28.5. The van der Waals surface area contributed by atoms with Gasteiger partial charge in [0.15, 0.2) is 11.6 Å². The van der Waals surface area contributed by atoms with Crippen LogP contribution in [0.15, 0.2) is 0 Å². The van der Waals surface area contributed by atoms with E-state index in [4.69, 9.17) is 14.2 Å². The van der Waals surface area contributed by atoms with Gasteiger partial charge in [-0.3, -0.25) is 0 Å². The number of ether oxygens (including phenoxy) is 3. The molecule has 0 amide bonds. The smallest absolute Gasteiger partial charge is 0.172 e. The second-order valence-electron chi connectivity index (χ2n) is 12.9. The molecule has 34 heavy (non-hydrogen) atoms. The fourth-order valence-corrected chi connectivity index (χ4v) is 7.87. The topological polar surface area (TPSA) is 27.7 Å². The van der Waals surface area contributed by atoms with Gasteiger partial charge < -0.3 is 14.2 Å². The maximum atomic E-state index is 6.53. The average Bonchev–Trinajstić information content (AvgIpc) is 2.71. The Morgan fingerprint density at radius 2 is 0.794 bits per heavy atom. The van der Waals surface area contributed by atoms with Crippen LogP contribution in [-0.2, 0) is 14.2 Å². The Kier molecular flexibility index (Phi) is 10.8. The summed E-state index contributed by atoms with van der Waals surface area (Å²) in [4.78, 5) is 0. The van der Waals surface area contributed by atoms with Crippen LogP contribution >= 0.6 is 0 Å². The van der Waals surface area contributed by atoms with Crippen molar-refractivity contribution < 1.29 is 14.2 Å². The molecule has 4 fully saturated rings. The Labute approximate surface area is 212 Å². The molecule has 0 saturated carbocycles. The lowest BCUT2D eigenvalue weighted by molar-refractivity contribution is -0.528. The van der Waals surface area contributed by atoms with Crippen molar-refractivity contribution in [1.29, 1.82) is 0 Å². The molecule has 4 atom stereocenters. The molecule has 200 valence electrons. The molecule has 0 spiro atoms. The largest absolute Gasteiger partial charge is 0.343 e. The Balaban J connectivity index is 1.14. The summed E-state index contributed by atoms with van der Waals surface area (Å²) in [6, 6.07) is 0. The fourth-order valence-electron chi connectivity index (χ4n) is 7.87. The molecule has 0 N–H and O–H groups in total. The third-order valence-electron chi connectivity index (χ3n) is 8.99. The third-order valence-corrected chi connectivity index (χ3v) is 8.99. The zero-order chi connectivity index (χ0) is 24.5. The van der Waals surface area contributed by atoms with Crippen LogP contribution in [0.3, 0.4) is 0 Å². The molecular formula is C31H58O3. The van der Waals surface area contributed by atoms with E-state index >= 15 is 0 Å². The van der Waals surface area contributed by atoms with Gasteiger partial charge in [-0.2, -0.15) is 0 Å². The number of hydrogen-bond acceptors (Lipinski definition) is 3. The molecule has 4 rings (SSSR count). The van der Waals surface area contributed by atoms with Crippen LogP contribution in [0.1, 0.15) is 169 Å². The van der Waals surface area contributed by atoms with E-state index in [1.807, 2.05) is 0 Å². The van der Waals surface area contributed by atoms with E-state index in [1.165, 1.54) is 122 Å². The lowest BCUT2D eigenvalue weighted by Crippen LogP contribution is -2.77. The molecule has 0 aliphatic carbocycles.